The van der Waals surface area contributed by atoms with Gasteiger partial charge in [-0.25, -0.2) is 0 Å². The molecule has 1 saturated heterocycles. The van der Waals surface area contributed by atoms with Gasteiger partial charge in [0.05, 0.1) is 0 Å². The number of benzene rings is 1. The Balaban J connectivity index is 2.30. The van der Waals surface area contributed by atoms with Gasteiger partial charge in [-0.05, 0) is 61.9 Å². The number of hydrogen-bond donors (Lipinski definition) is 1. The lowest BCUT2D eigenvalue weighted by atomic mass is 9.77. The van der Waals surface area contributed by atoms with E-state index in [1.54, 1.807) is 5.56 Å². The first-order chi connectivity index (χ1) is 7.74. The highest BCUT2D eigenvalue weighted by Gasteiger charge is 2.25. The summed E-state index contributed by atoms with van der Waals surface area (Å²) in [6.45, 7) is 9.18. The van der Waals surface area contributed by atoms with Gasteiger partial charge >= 0.3 is 0 Å². The fraction of sp³-hybridized carbons (Fsp3) is 0.600. The molecule has 2 atom stereocenters. The van der Waals surface area contributed by atoms with Crippen molar-refractivity contribution in [3.8, 4) is 0 Å². The minimum Gasteiger partial charge on any atom is -0.316 e. The molecule has 0 spiro atoms. The van der Waals surface area contributed by atoms with Crippen LogP contribution in [-0.2, 0) is 0 Å². The number of piperidine rings is 1. The highest BCUT2D eigenvalue weighted by atomic mass is 14.9. The second-order valence-electron chi connectivity index (χ2n) is 5.06. The molecule has 1 N–H and O–H groups in total. The van der Waals surface area contributed by atoms with Gasteiger partial charge in [0.15, 0.2) is 0 Å². The van der Waals surface area contributed by atoms with Crippen LogP contribution in [0.5, 0.6) is 0 Å². The molecule has 1 nitrogen and oxygen atoms in total. The molecule has 0 amide bonds. The van der Waals surface area contributed by atoms with Gasteiger partial charge in [0, 0.05) is 0 Å². The second-order valence-corrected chi connectivity index (χ2v) is 5.06. The molecular formula is C15H23N. The van der Waals surface area contributed by atoms with E-state index in [0.29, 0.717) is 0 Å². The van der Waals surface area contributed by atoms with Gasteiger partial charge < -0.3 is 5.32 Å². The Kier molecular flexibility index (Phi) is 3.65. The Hall–Kier alpha value is -0.820. The zero-order valence-electron chi connectivity index (χ0n) is 10.7. The normalized spacial score (nSPS) is 25.7. The van der Waals surface area contributed by atoms with E-state index in [9.17, 15) is 0 Å². The predicted octanol–water partition coefficient (Wildman–Crippen LogP) is 3.41. The minimum atomic E-state index is 0.770. The SMILES string of the molecule is CCC1CNCCC1c1cccc(C)c1C. The molecule has 1 aromatic rings. The zero-order chi connectivity index (χ0) is 11.5. The van der Waals surface area contributed by atoms with Crippen LogP contribution in [0.4, 0.5) is 0 Å². The first-order valence-corrected chi connectivity index (χ1v) is 6.50. The van der Waals surface area contributed by atoms with E-state index in [1.165, 1.54) is 37.1 Å². The molecule has 2 unspecified atom stereocenters. The minimum absolute atomic E-state index is 0.770. The maximum absolute atomic E-state index is 3.52. The fourth-order valence-corrected chi connectivity index (χ4v) is 2.94. The highest BCUT2D eigenvalue weighted by Crippen LogP contribution is 2.34. The molecule has 88 valence electrons. The molecule has 1 aliphatic rings. The van der Waals surface area contributed by atoms with Crippen molar-refractivity contribution >= 4 is 0 Å². The second kappa shape index (κ2) is 5.01. The van der Waals surface area contributed by atoms with E-state index < -0.39 is 0 Å². The van der Waals surface area contributed by atoms with E-state index in [4.69, 9.17) is 0 Å². The summed E-state index contributed by atoms with van der Waals surface area (Å²) < 4.78 is 0. The summed E-state index contributed by atoms with van der Waals surface area (Å²) in [5.41, 5.74) is 4.53. The van der Waals surface area contributed by atoms with Gasteiger partial charge in [0.1, 0.15) is 0 Å². The molecule has 1 aromatic carbocycles. The molecule has 0 bridgehead atoms. The van der Waals surface area contributed by atoms with Gasteiger partial charge in [-0.2, -0.15) is 0 Å². The van der Waals surface area contributed by atoms with Crippen LogP contribution in [-0.4, -0.2) is 13.1 Å². The Bertz CT molecular complexity index is 356. The first kappa shape index (κ1) is 11.7. The number of aryl methyl sites for hydroxylation is 1. The van der Waals surface area contributed by atoms with Gasteiger partial charge in [-0.1, -0.05) is 31.5 Å². The molecule has 16 heavy (non-hydrogen) atoms. The average Bonchev–Trinajstić information content (AvgIpc) is 2.33. The summed E-state index contributed by atoms with van der Waals surface area (Å²) in [5.74, 6) is 1.58. The van der Waals surface area contributed by atoms with E-state index in [1.807, 2.05) is 0 Å². The molecule has 1 heteroatoms. The number of hydrogen-bond acceptors (Lipinski definition) is 1. The third-order valence-electron chi connectivity index (χ3n) is 4.18. The Morgan fingerprint density at radius 3 is 2.88 bits per heavy atom. The summed E-state index contributed by atoms with van der Waals surface area (Å²) in [4.78, 5) is 0. The fourth-order valence-electron chi connectivity index (χ4n) is 2.94. The van der Waals surface area contributed by atoms with Crippen LogP contribution in [0.2, 0.25) is 0 Å². The van der Waals surface area contributed by atoms with Crippen molar-refractivity contribution in [2.24, 2.45) is 5.92 Å². The Morgan fingerprint density at radius 1 is 1.31 bits per heavy atom. The van der Waals surface area contributed by atoms with Crippen LogP contribution >= 0.6 is 0 Å². The summed E-state index contributed by atoms with van der Waals surface area (Å²) in [7, 11) is 0. The summed E-state index contributed by atoms with van der Waals surface area (Å²) >= 11 is 0. The third-order valence-corrected chi connectivity index (χ3v) is 4.18. The molecule has 0 aliphatic carbocycles. The Morgan fingerprint density at radius 2 is 2.12 bits per heavy atom. The van der Waals surface area contributed by atoms with Crippen LogP contribution in [0, 0.1) is 19.8 Å². The predicted molar refractivity (Wildman–Crippen MR) is 69.9 cm³/mol. The molecule has 1 heterocycles. The largest absolute Gasteiger partial charge is 0.316 e. The lowest BCUT2D eigenvalue weighted by molar-refractivity contribution is 0.317. The van der Waals surface area contributed by atoms with Crippen LogP contribution in [0.3, 0.4) is 0 Å². The summed E-state index contributed by atoms with van der Waals surface area (Å²) in [6, 6.07) is 6.77. The van der Waals surface area contributed by atoms with Crippen molar-refractivity contribution in [2.75, 3.05) is 13.1 Å². The molecule has 1 aliphatic heterocycles. The van der Waals surface area contributed by atoms with E-state index in [2.05, 4.69) is 44.3 Å². The molecule has 0 aromatic heterocycles. The van der Waals surface area contributed by atoms with Crippen LogP contribution in [0.1, 0.15) is 42.4 Å². The summed E-state index contributed by atoms with van der Waals surface area (Å²) in [6.07, 6.45) is 2.58. The highest BCUT2D eigenvalue weighted by molar-refractivity contribution is 5.36. The lowest BCUT2D eigenvalue weighted by Gasteiger charge is -2.33. The number of nitrogens with one attached hydrogen (secondary N) is 1. The molecule has 0 saturated carbocycles. The van der Waals surface area contributed by atoms with Gasteiger partial charge in [-0.15, -0.1) is 0 Å². The van der Waals surface area contributed by atoms with E-state index >= 15 is 0 Å². The smallest absolute Gasteiger partial charge is 0.00148 e. The van der Waals surface area contributed by atoms with E-state index in [0.717, 1.165) is 11.8 Å². The molecule has 2 rings (SSSR count). The van der Waals surface area contributed by atoms with Gasteiger partial charge in [-0.3, -0.25) is 0 Å². The standard InChI is InChI=1S/C15H23N/c1-4-13-10-16-9-8-15(13)14-7-5-6-11(2)12(14)3/h5-7,13,15-16H,4,8-10H2,1-3H3. The van der Waals surface area contributed by atoms with Crippen molar-refractivity contribution < 1.29 is 0 Å². The van der Waals surface area contributed by atoms with E-state index in [-0.39, 0.29) is 0 Å². The maximum Gasteiger partial charge on any atom is -0.00148 e. The van der Waals surface area contributed by atoms with Crippen LogP contribution in [0.25, 0.3) is 0 Å². The van der Waals surface area contributed by atoms with Gasteiger partial charge in [0.2, 0.25) is 0 Å². The van der Waals surface area contributed by atoms with Crippen molar-refractivity contribution in [2.45, 2.75) is 39.5 Å². The van der Waals surface area contributed by atoms with Crippen molar-refractivity contribution in [3.05, 3.63) is 34.9 Å². The third kappa shape index (κ3) is 2.15. The van der Waals surface area contributed by atoms with Crippen molar-refractivity contribution in [1.29, 1.82) is 0 Å². The van der Waals surface area contributed by atoms with Crippen molar-refractivity contribution in [1.82, 2.24) is 5.32 Å². The van der Waals surface area contributed by atoms with Crippen LogP contribution < -0.4 is 5.32 Å². The maximum atomic E-state index is 3.52. The molecule has 0 radical (unpaired) electrons. The monoisotopic (exact) mass is 217 g/mol. The molecular weight excluding hydrogens is 194 g/mol. The zero-order valence-corrected chi connectivity index (χ0v) is 10.7. The topological polar surface area (TPSA) is 12.0 Å². The lowest BCUT2D eigenvalue weighted by Crippen LogP contribution is -2.35. The molecule has 1 fully saturated rings. The number of rotatable bonds is 2. The Labute approximate surface area is 99.3 Å². The average molecular weight is 217 g/mol. The van der Waals surface area contributed by atoms with Gasteiger partial charge in [0.25, 0.3) is 0 Å². The van der Waals surface area contributed by atoms with Crippen molar-refractivity contribution in [3.63, 3.8) is 0 Å². The quantitative estimate of drug-likeness (QED) is 0.800. The van der Waals surface area contributed by atoms with Crippen LogP contribution in [0.15, 0.2) is 18.2 Å². The summed E-state index contributed by atoms with van der Waals surface area (Å²) in [5, 5.41) is 3.52. The first-order valence-electron chi connectivity index (χ1n) is 6.50.